The van der Waals surface area contributed by atoms with Crippen molar-refractivity contribution in [2.24, 2.45) is 0 Å². The van der Waals surface area contributed by atoms with Crippen molar-refractivity contribution in [1.29, 1.82) is 0 Å². The van der Waals surface area contributed by atoms with Crippen molar-refractivity contribution in [1.82, 2.24) is 4.31 Å². The van der Waals surface area contributed by atoms with E-state index in [4.69, 9.17) is 34.8 Å². The molecule has 22 heavy (non-hydrogen) atoms. The molecule has 2 nitrogen and oxygen atoms in total. The van der Waals surface area contributed by atoms with Crippen LogP contribution in [0.5, 0.6) is 0 Å². The first-order chi connectivity index (χ1) is 10.5. The second-order valence-corrected chi connectivity index (χ2v) is 7.11. The van der Waals surface area contributed by atoms with Gasteiger partial charge in [-0.3, -0.25) is 0 Å². The predicted molar refractivity (Wildman–Crippen MR) is 98.6 cm³/mol. The summed E-state index contributed by atoms with van der Waals surface area (Å²) in [6, 6.07) is 13.7. The Kier molecular flexibility index (Phi) is 5.10. The number of hydrogen-bond donors (Lipinski definition) is 1. The lowest BCUT2D eigenvalue weighted by molar-refractivity contribution is 0.369. The summed E-state index contributed by atoms with van der Waals surface area (Å²) in [5.41, 5.74) is 2.18. The highest BCUT2D eigenvalue weighted by Crippen LogP contribution is 2.36. The van der Waals surface area contributed by atoms with Crippen LogP contribution < -0.4 is 4.90 Å². The number of anilines is 1. The highest BCUT2D eigenvalue weighted by Gasteiger charge is 2.28. The fraction of sp³-hybridized carbons (Fsp3) is 0.250. The smallest absolute Gasteiger partial charge is 0.0679 e. The van der Waals surface area contributed by atoms with Gasteiger partial charge in [0.15, 0.2) is 0 Å². The normalized spacial score (nSPS) is 19.5. The van der Waals surface area contributed by atoms with Crippen LogP contribution >= 0.6 is 47.6 Å². The molecule has 0 aromatic heterocycles. The zero-order valence-electron chi connectivity index (χ0n) is 11.7. The molecule has 6 heteroatoms. The first-order valence-corrected chi connectivity index (χ1v) is 8.49. The molecule has 1 heterocycles. The molecule has 116 valence electrons. The summed E-state index contributed by atoms with van der Waals surface area (Å²) in [7, 11) is 0. The van der Waals surface area contributed by atoms with Crippen molar-refractivity contribution in [3.63, 3.8) is 0 Å². The van der Waals surface area contributed by atoms with E-state index in [9.17, 15) is 0 Å². The van der Waals surface area contributed by atoms with Gasteiger partial charge in [0.25, 0.3) is 0 Å². The Bertz CT molecular complexity index is 663. The third kappa shape index (κ3) is 3.50. The third-order valence-corrected chi connectivity index (χ3v) is 4.99. The third-order valence-electron chi connectivity index (χ3n) is 3.83. The van der Waals surface area contributed by atoms with Crippen molar-refractivity contribution in [2.75, 3.05) is 24.5 Å². The van der Waals surface area contributed by atoms with Gasteiger partial charge in [0.1, 0.15) is 0 Å². The highest BCUT2D eigenvalue weighted by molar-refractivity contribution is 7.77. The lowest BCUT2D eigenvalue weighted by Crippen LogP contribution is -2.45. The number of thiol groups is 1. The van der Waals surface area contributed by atoms with Crippen LogP contribution in [0.15, 0.2) is 42.5 Å². The number of piperazine rings is 1. The number of benzene rings is 2. The Hall–Kier alpha value is -0.580. The number of rotatable bonds is 2. The Labute approximate surface area is 151 Å². The lowest BCUT2D eigenvalue weighted by Gasteiger charge is -2.41. The van der Waals surface area contributed by atoms with Crippen molar-refractivity contribution in [2.45, 2.75) is 6.04 Å². The Morgan fingerprint density at radius 3 is 2.27 bits per heavy atom. The molecule has 1 unspecified atom stereocenters. The first-order valence-electron chi connectivity index (χ1n) is 6.95. The van der Waals surface area contributed by atoms with Gasteiger partial charge in [-0.05, 0) is 35.9 Å². The largest absolute Gasteiger partial charge is 0.361 e. The van der Waals surface area contributed by atoms with E-state index >= 15 is 0 Å². The molecule has 1 aliphatic rings. The van der Waals surface area contributed by atoms with Crippen molar-refractivity contribution in [3.8, 4) is 0 Å². The van der Waals surface area contributed by atoms with Crippen LogP contribution in [-0.4, -0.2) is 23.9 Å². The van der Waals surface area contributed by atoms with Gasteiger partial charge >= 0.3 is 0 Å². The molecular formula is C16H15Cl3N2S. The van der Waals surface area contributed by atoms with Crippen LogP contribution in [0.2, 0.25) is 15.1 Å². The molecule has 2 aromatic carbocycles. The summed E-state index contributed by atoms with van der Waals surface area (Å²) in [5, 5.41) is 2.04. The number of halogens is 3. The molecule has 0 bridgehead atoms. The van der Waals surface area contributed by atoms with Crippen LogP contribution in [0.3, 0.4) is 0 Å². The fourth-order valence-electron chi connectivity index (χ4n) is 2.74. The van der Waals surface area contributed by atoms with Gasteiger partial charge in [-0.25, -0.2) is 4.31 Å². The minimum atomic E-state index is 0.169. The summed E-state index contributed by atoms with van der Waals surface area (Å²) in [6.45, 7) is 2.52. The minimum absolute atomic E-state index is 0.169. The van der Waals surface area contributed by atoms with Crippen LogP contribution in [-0.2, 0) is 0 Å². The van der Waals surface area contributed by atoms with Crippen molar-refractivity contribution < 1.29 is 0 Å². The average Bonchev–Trinajstić information content (AvgIpc) is 2.49. The average molecular weight is 374 g/mol. The molecule has 2 aromatic rings. The number of hydrogen-bond acceptors (Lipinski definition) is 3. The molecule has 1 aliphatic heterocycles. The second-order valence-electron chi connectivity index (χ2n) is 5.27. The molecule has 0 radical (unpaired) electrons. The topological polar surface area (TPSA) is 6.48 Å². The van der Waals surface area contributed by atoms with E-state index in [2.05, 4.69) is 29.8 Å². The van der Waals surface area contributed by atoms with E-state index in [0.717, 1.165) is 30.3 Å². The van der Waals surface area contributed by atoms with Gasteiger partial charge in [0.2, 0.25) is 0 Å². The van der Waals surface area contributed by atoms with Gasteiger partial charge < -0.3 is 4.90 Å². The maximum Gasteiger partial charge on any atom is 0.0679 e. The number of nitrogens with zero attached hydrogens (tertiary/aromatic N) is 2. The van der Waals surface area contributed by atoms with Gasteiger partial charge in [-0.2, -0.15) is 0 Å². The van der Waals surface area contributed by atoms with Crippen molar-refractivity contribution >= 4 is 53.3 Å². The molecule has 0 N–H and O–H groups in total. The molecule has 1 saturated heterocycles. The van der Waals surface area contributed by atoms with E-state index in [1.807, 2.05) is 28.6 Å². The van der Waals surface area contributed by atoms with Gasteiger partial charge in [0.05, 0.1) is 16.8 Å². The summed E-state index contributed by atoms with van der Waals surface area (Å²) in [6.07, 6.45) is 0. The SMILES string of the molecule is SN1CCN(c2ccc(Cl)cc2Cl)C(c2ccc(Cl)cc2)C1. The van der Waals surface area contributed by atoms with Crippen LogP contribution in [0, 0.1) is 0 Å². The predicted octanol–water partition coefficient (Wildman–Crippen LogP) is 5.35. The molecule has 0 saturated carbocycles. The van der Waals surface area contributed by atoms with Gasteiger partial charge in [0, 0.05) is 29.7 Å². The first kappa shape index (κ1) is 16.3. The summed E-state index contributed by atoms with van der Waals surface area (Å²) >= 11 is 22.9. The highest BCUT2D eigenvalue weighted by atomic mass is 35.5. The molecule has 1 fully saturated rings. The maximum absolute atomic E-state index is 6.40. The maximum atomic E-state index is 6.40. The standard InChI is InChI=1S/C16H15Cl3N2S/c17-12-3-1-11(2-4-12)16-10-20(22)7-8-21(16)15-6-5-13(18)9-14(15)19/h1-6,9,16,22H,7-8,10H2. The zero-order chi connectivity index (χ0) is 15.7. The molecular weight excluding hydrogens is 359 g/mol. The monoisotopic (exact) mass is 372 g/mol. The quantitative estimate of drug-likeness (QED) is 0.708. The lowest BCUT2D eigenvalue weighted by atomic mass is 10.0. The van der Waals surface area contributed by atoms with E-state index < -0.39 is 0 Å². The zero-order valence-corrected chi connectivity index (χ0v) is 14.9. The van der Waals surface area contributed by atoms with Gasteiger partial charge in [-0.1, -0.05) is 59.8 Å². The molecule has 0 spiro atoms. The van der Waals surface area contributed by atoms with E-state index in [0.29, 0.717) is 10.0 Å². The van der Waals surface area contributed by atoms with Crippen LogP contribution in [0.25, 0.3) is 0 Å². The summed E-state index contributed by atoms with van der Waals surface area (Å²) in [5.74, 6) is 0. The summed E-state index contributed by atoms with van der Waals surface area (Å²) < 4.78 is 2.03. The van der Waals surface area contributed by atoms with E-state index in [-0.39, 0.29) is 6.04 Å². The van der Waals surface area contributed by atoms with Gasteiger partial charge in [-0.15, -0.1) is 0 Å². The van der Waals surface area contributed by atoms with Crippen LogP contribution in [0.4, 0.5) is 5.69 Å². The van der Waals surface area contributed by atoms with E-state index in [1.54, 1.807) is 6.07 Å². The Balaban J connectivity index is 1.98. The minimum Gasteiger partial charge on any atom is -0.361 e. The fourth-order valence-corrected chi connectivity index (χ4v) is 3.63. The summed E-state index contributed by atoms with van der Waals surface area (Å²) in [4.78, 5) is 2.30. The molecule has 0 aliphatic carbocycles. The molecule has 1 atom stereocenters. The molecule has 3 rings (SSSR count). The molecule has 0 amide bonds. The Morgan fingerprint density at radius 1 is 0.909 bits per heavy atom. The van der Waals surface area contributed by atoms with E-state index in [1.165, 1.54) is 5.56 Å². The Morgan fingerprint density at radius 2 is 1.59 bits per heavy atom. The van der Waals surface area contributed by atoms with Crippen LogP contribution in [0.1, 0.15) is 11.6 Å². The second kappa shape index (κ2) is 6.90. The van der Waals surface area contributed by atoms with Crippen molar-refractivity contribution in [3.05, 3.63) is 63.1 Å².